The van der Waals surface area contributed by atoms with Gasteiger partial charge >= 0.3 is 5.97 Å². The Morgan fingerprint density at radius 1 is 1.20 bits per heavy atom. The number of anilines is 1. The molecule has 3 aliphatic heterocycles. The molecule has 5 rings (SSSR count). The lowest BCUT2D eigenvalue weighted by Gasteiger charge is -2.39. The van der Waals surface area contributed by atoms with Gasteiger partial charge in [-0.15, -0.1) is 6.58 Å². The first-order chi connectivity index (χ1) is 19.3. The van der Waals surface area contributed by atoms with Crippen LogP contribution in [0.5, 0.6) is 0 Å². The molecule has 8 nitrogen and oxygen atoms in total. The van der Waals surface area contributed by atoms with Gasteiger partial charge in [-0.3, -0.25) is 14.4 Å². The van der Waals surface area contributed by atoms with Crippen LogP contribution < -0.4 is 4.90 Å². The van der Waals surface area contributed by atoms with E-state index >= 15 is 0 Å². The molecular weight excluding hydrogens is 532 g/mol. The summed E-state index contributed by atoms with van der Waals surface area (Å²) >= 11 is 6.55. The van der Waals surface area contributed by atoms with Crippen LogP contribution in [0.25, 0.3) is 0 Å². The molecule has 6 atom stereocenters. The second-order valence-corrected chi connectivity index (χ2v) is 11.0. The zero-order valence-electron chi connectivity index (χ0n) is 22.8. The number of carbonyl (C=O) groups is 3. The van der Waals surface area contributed by atoms with Gasteiger partial charge in [0.05, 0.1) is 41.5 Å². The summed E-state index contributed by atoms with van der Waals surface area (Å²) in [6.45, 7) is 7.38. The first-order valence-corrected chi connectivity index (χ1v) is 14.2. The fourth-order valence-electron chi connectivity index (χ4n) is 7.15. The Morgan fingerprint density at radius 2 is 1.90 bits per heavy atom. The van der Waals surface area contributed by atoms with Crippen LogP contribution in [0.2, 0.25) is 5.02 Å². The number of ether oxygens (including phenoxy) is 2. The van der Waals surface area contributed by atoms with E-state index < -0.39 is 59.5 Å². The molecule has 2 bridgehead atoms. The van der Waals surface area contributed by atoms with Gasteiger partial charge in [0, 0.05) is 6.54 Å². The van der Waals surface area contributed by atoms with E-state index in [1.54, 1.807) is 37.3 Å². The third kappa shape index (κ3) is 4.16. The van der Waals surface area contributed by atoms with Gasteiger partial charge in [0.1, 0.15) is 17.6 Å². The standard InChI is InChI=1S/C31H35ClN2O6/c1-4-18-33(22-15-11-10-14-21(22)32)28(37)26-31-17-16-30(5-2,40-31)25(29(38)39-6-3)24(31)27(36)34(26)23(19-35)20-12-8-7-9-13-20/h4,7-15,23-26,35H,1,5-6,16-19H2,2-3H3/t23-,24+,25+,26?,30-,31?/m1/s1. The van der Waals surface area contributed by atoms with Gasteiger partial charge in [0.2, 0.25) is 5.91 Å². The predicted molar refractivity (Wildman–Crippen MR) is 151 cm³/mol. The Bertz CT molecular complexity index is 1300. The van der Waals surface area contributed by atoms with Crippen LogP contribution in [0.1, 0.15) is 44.7 Å². The average Bonchev–Trinajstić information content (AvgIpc) is 3.57. The van der Waals surface area contributed by atoms with E-state index in [1.165, 1.54) is 9.80 Å². The highest BCUT2D eigenvalue weighted by atomic mass is 35.5. The van der Waals surface area contributed by atoms with Crippen LogP contribution in [-0.4, -0.2) is 64.8 Å². The fraction of sp³-hybridized carbons (Fsp3) is 0.452. The van der Waals surface area contributed by atoms with Crippen molar-refractivity contribution in [3.05, 3.63) is 77.8 Å². The Labute approximate surface area is 239 Å². The van der Waals surface area contributed by atoms with E-state index in [1.807, 2.05) is 37.3 Å². The topological polar surface area (TPSA) is 96.4 Å². The molecule has 40 heavy (non-hydrogen) atoms. The normalized spacial score (nSPS) is 29.2. The largest absolute Gasteiger partial charge is 0.466 e. The molecule has 2 unspecified atom stereocenters. The van der Waals surface area contributed by atoms with Crippen molar-refractivity contribution in [2.45, 2.75) is 56.4 Å². The zero-order chi connectivity index (χ0) is 28.7. The molecule has 0 aliphatic carbocycles. The number of rotatable bonds is 10. The maximum absolute atomic E-state index is 14.8. The third-order valence-electron chi connectivity index (χ3n) is 8.81. The summed E-state index contributed by atoms with van der Waals surface area (Å²) in [6.07, 6.45) is 3.01. The van der Waals surface area contributed by atoms with Crippen LogP contribution in [0, 0.1) is 11.8 Å². The molecule has 2 aromatic carbocycles. The first kappa shape index (κ1) is 28.3. The van der Waals surface area contributed by atoms with E-state index in [0.717, 1.165) is 0 Å². The molecule has 0 saturated carbocycles. The highest BCUT2D eigenvalue weighted by Gasteiger charge is 2.79. The number of aliphatic hydroxyl groups excluding tert-OH is 1. The van der Waals surface area contributed by atoms with Crippen LogP contribution in [0.4, 0.5) is 5.69 Å². The Balaban J connectivity index is 1.69. The highest BCUT2D eigenvalue weighted by molar-refractivity contribution is 6.34. The lowest BCUT2D eigenvalue weighted by Crippen LogP contribution is -2.57. The van der Waals surface area contributed by atoms with Gasteiger partial charge in [-0.2, -0.15) is 0 Å². The molecular formula is C31H35ClN2O6. The molecule has 0 radical (unpaired) electrons. The quantitative estimate of drug-likeness (QED) is 0.340. The number of aliphatic hydroxyl groups is 1. The summed E-state index contributed by atoms with van der Waals surface area (Å²) < 4.78 is 12.3. The molecule has 3 fully saturated rings. The number of hydrogen-bond acceptors (Lipinski definition) is 6. The Morgan fingerprint density at radius 3 is 2.52 bits per heavy atom. The van der Waals surface area contributed by atoms with Crippen LogP contribution >= 0.6 is 11.6 Å². The summed E-state index contributed by atoms with van der Waals surface area (Å²) in [6, 6.07) is 14.1. The highest BCUT2D eigenvalue weighted by Crippen LogP contribution is 2.65. The van der Waals surface area contributed by atoms with Gasteiger partial charge in [-0.05, 0) is 43.9 Å². The molecule has 212 valence electrons. The zero-order valence-corrected chi connectivity index (χ0v) is 23.5. The molecule has 2 aromatic rings. The molecule has 0 aromatic heterocycles. The summed E-state index contributed by atoms with van der Waals surface area (Å²) in [5.41, 5.74) is -1.04. The van der Waals surface area contributed by atoms with E-state index in [2.05, 4.69) is 6.58 Å². The summed E-state index contributed by atoms with van der Waals surface area (Å²) in [4.78, 5) is 45.7. The van der Waals surface area contributed by atoms with Crippen molar-refractivity contribution in [2.24, 2.45) is 11.8 Å². The predicted octanol–water partition coefficient (Wildman–Crippen LogP) is 4.31. The number of hydrogen-bond donors (Lipinski definition) is 1. The number of para-hydroxylation sites is 1. The van der Waals surface area contributed by atoms with Crippen molar-refractivity contribution in [3.63, 3.8) is 0 Å². The number of halogens is 1. The van der Waals surface area contributed by atoms with E-state index in [4.69, 9.17) is 21.1 Å². The number of likely N-dealkylation sites (tertiary alicyclic amines) is 1. The van der Waals surface area contributed by atoms with Gasteiger partial charge in [-0.1, -0.05) is 67.1 Å². The first-order valence-electron chi connectivity index (χ1n) is 13.8. The maximum atomic E-state index is 14.8. The van der Waals surface area contributed by atoms with Gasteiger partial charge in [0.25, 0.3) is 5.91 Å². The third-order valence-corrected chi connectivity index (χ3v) is 9.13. The molecule has 2 amide bonds. The number of nitrogens with zero attached hydrogens (tertiary/aromatic N) is 2. The molecule has 1 spiro atoms. The smallest absolute Gasteiger partial charge is 0.312 e. The van der Waals surface area contributed by atoms with Crippen LogP contribution in [-0.2, 0) is 23.9 Å². The van der Waals surface area contributed by atoms with Crippen LogP contribution in [0.3, 0.4) is 0 Å². The summed E-state index contributed by atoms with van der Waals surface area (Å²) in [7, 11) is 0. The second kappa shape index (κ2) is 11.0. The van der Waals surface area contributed by atoms with Crippen molar-refractivity contribution in [2.75, 3.05) is 24.7 Å². The Hall–Kier alpha value is -3.20. The van der Waals surface area contributed by atoms with Crippen molar-refractivity contribution in [1.82, 2.24) is 4.90 Å². The van der Waals surface area contributed by atoms with Gasteiger partial charge in [-0.25, -0.2) is 0 Å². The SMILES string of the molecule is C=CCN(C(=O)C1N([C@H](CO)c2ccccc2)C(=O)[C@@H]2[C@@H](C(=O)OCC)[C@@]3(CC)CCC12O3)c1ccccc1Cl. The molecule has 3 saturated heterocycles. The molecule has 3 aliphatic rings. The number of fused-ring (bicyclic) bond motifs is 1. The lowest BCUT2D eigenvalue weighted by atomic mass is 9.65. The average molecular weight is 567 g/mol. The maximum Gasteiger partial charge on any atom is 0.312 e. The number of amides is 2. The lowest BCUT2D eigenvalue weighted by molar-refractivity contribution is -0.161. The van der Waals surface area contributed by atoms with Crippen molar-refractivity contribution < 1.29 is 29.0 Å². The van der Waals surface area contributed by atoms with Crippen molar-refractivity contribution >= 4 is 35.1 Å². The van der Waals surface area contributed by atoms with Gasteiger partial charge in [0.15, 0.2) is 0 Å². The van der Waals surface area contributed by atoms with E-state index in [-0.39, 0.29) is 13.2 Å². The van der Waals surface area contributed by atoms with Crippen LogP contribution in [0.15, 0.2) is 67.3 Å². The van der Waals surface area contributed by atoms with Crippen molar-refractivity contribution in [3.8, 4) is 0 Å². The number of benzene rings is 2. The molecule has 1 N–H and O–H groups in total. The van der Waals surface area contributed by atoms with E-state index in [0.29, 0.717) is 35.5 Å². The fourth-order valence-corrected chi connectivity index (χ4v) is 7.38. The minimum Gasteiger partial charge on any atom is -0.466 e. The monoisotopic (exact) mass is 566 g/mol. The number of esters is 1. The second-order valence-electron chi connectivity index (χ2n) is 10.6. The summed E-state index contributed by atoms with van der Waals surface area (Å²) in [5, 5.41) is 11.0. The minimum absolute atomic E-state index is 0.136. The summed E-state index contributed by atoms with van der Waals surface area (Å²) in [5.74, 6) is -3.08. The van der Waals surface area contributed by atoms with E-state index in [9.17, 15) is 19.5 Å². The molecule has 3 heterocycles. The van der Waals surface area contributed by atoms with Crippen molar-refractivity contribution in [1.29, 1.82) is 0 Å². The van der Waals surface area contributed by atoms with Gasteiger partial charge < -0.3 is 24.4 Å². The number of carbonyl (C=O) groups excluding carboxylic acids is 3. The Kier molecular flexibility index (Phi) is 7.79. The minimum atomic E-state index is -1.27. The molecule has 9 heteroatoms.